The van der Waals surface area contributed by atoms with Crippen LogP contribution in [-0.4, -0.2) is 58.0 Å². The molecule has 184 valence electrons. The highest BCUT2D eigenvalue weighted by Crippen LogP contribution is 2.27. The highest BCUT2D eigenvalue weighted by atomic mass is 32.2. The summed E-state index contributed by atoms with van der Waals surface area (Å²) in [5, 5.41) is 11.9. The number of carbonyl (C=O) groups excluding carboxylic acids is 2. The first kappa shape index (κ1) is 25.1. The zero-order chi connectivity index (χ0) is 25.0. The van der Waals surface area contributed by atoms with Gasteiger partial charge in [0.05, 0.1) is 10.6 Å². The van der Waals surface area contributed by atoms with Crippen molar-refractivity contribution in [1.82, 2.24) is 19.1 Å². The third-order valence-corrected chi connectivity index (χ3v) is 8.61. The Morgan fingerprint density at radius 1 is 1.06 bits per heavy atom. The van der Waals surface area contributed by atoms with E-state index < -0.39 is 10.0 Å². The summed E-state index contributed by atoms with van der Waals surface area (Å²) < 4.78 is 29.0. The van der Waals surface area contributed by atoms with Crippen LogP contribution in [0.2, 0.25) is 0 Å². The molecule has 1 aromatic heterocycles. The van der Waals surface area contributed by atoms with Crippen LogP contribution in [-0.2, 0) is 21.4 Å². The predicted octanol–water partition coefficient (Wildman–Crippen LogP) is 3.68. The van der Waals surface area contributed by atoms with Gasteiger partial charge in [0, 0.05) is 36.4 Å². The number of amides is 1. The molecule has 0 aliphatic carbocycles. The summed E-state index contributed by atoms with van der Waals surface area (Å²) in [6, 6.07) is 13.5. The third-order valence-electron chi connectivity index (χ3n) is 5.73. The maximum Gasteiger partial charge on any atom is 0.243 e. The molecule has 4 rings (SSSR count). The Hall–Kier alpha value is -3.02. The van der Waals surface area contributed by atoms with Gasteiger partial charge >= 0.3 is 0 Å². The second kappa shape index (κ2) is 10.7. The average Bonchev–Trinajstić information content (AvgIpc) is 3.53. The van der Waals surface area contributed by atoms with Gasteiger partial charge in [-0.25, -0.2) is 8.42 Å². The summed E-state index contributed by atoms with van der Waals surface area (Å²) in [4.78, 5) is 24.3. The molecule has 3 aromatic rings. The van der Waals surface area contributed by atoms with E-state index in [1.54, 1.807) is 48.5 Å². The molecule has 1 aliphatic heterocycles. The van der Waals surface area contributed by atoms with Gasteiger partial charge < -0.3 is 9.88 Å². The molecular weight excluding hydrogens is 486 g/mol. The number of anilines is 1. The van der Waals surface area contributed by atoms with Gasteiger partial charge in [0.1, 0.15) is 0 Å². The Bertz CT molecular complexity index is 1330. The minimum absolute atomic E-state index is 0.0688. The number of thioether (sulfide) groups is 1. The third kappa shape index (κ3) is 5.63. The van der Waals surface area contributed by atoms with E-state index in [2.05, 4.69) is 15.5 Å². The number of sulfonamides is 1. The normalized spacial score (nSPS) is 14.2. The quantitative estimate of drug-likeness (QED) is 0.343. The Morgan fingerprint density at radius 2 is 1.77 bits per heavy atom. The topological polar surface area (TPSA) is 114 Å². The average molecular weight is 514 g/mol. The molecule has 9 nitrogen and oxygen atoms in total. The van der Waals surface area contributed by atoms with Gasteiger partial charge in [-0.3, -0.25) is 9.59 Å². The number of Topliss-reactive ketones (excluding diaryl/α,β-unsaturated/α-hetero) is 1. The molecular formula is C24H27N5O4S2. The molecule has 0 unspecified atom stereocenters. The molecule has 2 heterocycles. The van der Waals surface area contributed by atoms with Gasteiger partial charge in [-0.2, -0.15) is 4.31 Å². The Morgan fingerprint density at radius 3 is 2.43 bits per heavy atom. The van der Waals surface area contributed by atoms with Gasteiger partial charge in [-0.15, -0.1) is 10.2 Å². The van der Waals surface area contributed by atoms with E-state index in [9.17, 15) is 18.0 Å². The van der Waals surface area contributed by atoms with Crippen LogP contribution < -0.4 is 5.32 Å². The van der Waals surface area contributed by atoms with Crippen molar-refractivity contribution in [1.29, 1.82) is 0 Å². The van der Waals surface area contributed by atoms with E-state index in [4.69, 9.17) is 0 Å². The second-order valence-electron chi connectivity index (χ2n) is 8.16. The van der Waals surface area contributed by atoms with Crippen molar-refractivity contribution in [2.45, 2.75) is 43.3 Å². The number of nitrogens with one attached hydrogen (secondary N) is 1. The van der Waals surface area contributed by atoms with Crippen molar-refractivity contribution in [3.8, 4) is 11.4 Å². The van der Waals surface area contributed by atoms with Crippen molar-refractivity contribution >= 4 is 39.2 Å². The number of hydrogen-bond donors (Lipinski definition) is 1. The number of ketones is 1. The summed E-state index contributed by atoms with van der Waals surface area (Å²) in [5.41, 5.74) is 1.84. The van der Waals surface area contributed by atoms with Crippen LogP contribution in [0.15, 0.2) is 58.6 Å². The SMILES string of the molecule is CCn1c(SCC(=O)Nc2cccc(C(C)=O)c2)nnc1-c1ccc(S(=O)(=O)N2CCCC2)cc1. The zero-order valence-electron chi connectivity index (χ0n) is 19.6. The smallest absolute Gasteiger partial charge is 0.243 e. The van der Waals surface area contributed by atoms with Crippen LogP contribution in [0.3, 0.4) is 0 Å². The largest absolute Gasteiger partial charge is 0.325 e. The van der Waals surface area contributed by atoms with Crippen LogP contribution in [0.4, 0.5) is 5.69 Å². The number of benzene rings is 2. The first-order chi connectivity index (χ1) is 16.8. The zero-order valence-corrected chi connectivity index (χ0v) is 21.2. The molecule has 0 spiro atoms. The summed E-state index contributed by atoms with van der Waals surface area (Å²) in [6.45, 7) is 5.14. The van der Waals surface area contributed by atoms with Crippen molar-refractivity contribution in [2.75, 3.05) is 24.2 Å². The molecule has 0 radical (unpaired) electrons. The molecule has 1 amide bonds. The Kier molecular flexibility index (Phi) is 7.68. The van der Waals surface area contributed by atoms with Crippen LogP contribution in [0.25, 0.3) is 11.4 Å². The lowest BCUT2D eigenvalue weighted by Crippen LogP contribution is -2.27. The molecule has 1 aliphatic rings. The number of hydrogen-bond acceptors (Lipinski definition) is 7. The second-order valence-corrected chi connectivity index (χ2v) is 11.0. The maximum absolute atomic E-state index is 12.8. The lowest BCUT2D eigenvalue weighted by Gasteiger charge is -2.15. The molecule has 11 heteroatoms. The Balaban J connectivity index is 1.44. The Labute approximate surface area is 209 Å². The molecule has 0 atom stereocenters. The fourth-order valence-electron chi connectivity index (χ4n) is 3.89. The number of nitrogens with zero attached hydrogens (tertiary/aromatic N) is 4. The molecule has 1 saturated heterocycles. The first-order valence-electron chi connectivity index (χ1n) is 11.4. The summed E-state index contributed by atoms with van der Waals surface area (Å²) in [6.07, 6.45) is 1.78. The van der Waals surface area contributed by atoms with E-state index in [1.165, 1.54) is 23.0 Å². The lowest BCUT2D eigenvalue weighted by atomic mass is 10.1. The van der Waals surface area contributed by atoms with Gasteiger partial charge in [0.25, 0.3) is 0 Å². The summed E-state index contributed by atoms with van der Waals surface area (Å²) in [7, 11) is -3.48. The highest BCUT2D eigenvalue weighted by Gasteiger charge is 2.27. The van der Waals surface area contributed by atoms with E-state index in [0.717, 1.165) is 18.4 Å². The van der Waals surface area contributed by atoms with Crippen molar-refractivity contribution in [3.63, 3.8) is 0 Å². The van der Waals surface area contributed by atoms with E-state index in [0.29, 0.717) is 41.9 Å². The van der Waals surface area contributed by atoms with Crippen LogP contribution in [0.5, 0.6) is 0 Å². The minimum atomic E-state index is -3.48. The van der Waals surface area contributed by atoms with E-state index >= 15 is 0 Å². The van der Waals surface area contributed by atoms with E-state index in [-0.39, 0.29) is 22.3 Å². The summed E-state index contributed by atoms with van der Waals surface area (Å²) >= 11 is 1.26. The summed E-state index contributed by atoms with van der Waals surface area (Å²) in [5.74, 6) is 0.435. The van der Waals surface area contributed by atoms with Crippen molar-refractivity contribution in [3.05, 3.63) is 54.1 Å². The van der Waals surface area contributed by atoms with Crippen LogP contribution in [0, 0.1) is 0 Å². The number of rotatable bonds is 9. The standard InChI is InChI=1S/C24H27N5O4S2/c1-3-29-23(18-9-11-21(12-10-18)35(32,33)28-13-4-5-14-28)26-27-24(29)34-16-22(31)25-20-8-6-7-19(15-20)17(2)30/h6-12,15H,3-5,13-14,16H2,1-2H3,(H,25,31). The van der Waals surface area contributed by atoms with Crippen LogP contribution >= 0.6 is 11.8 Å². The van der Waals surface area contributed by atoms with Gasteiger partial charge in [-0.05, 0) is 63.1 Å². The van der Waals surface area contributed by atoms with Crippen molar-refractivity contribution < 1.29 is 18.0 Å². The molecule has 1 fully saturated rings. The van der Waals surface area contributed by atoms with Crippen molar-refractivity contribution in [2.24, 2.45) is 0 Å². The molecule has 1 N–H and O–H groups in total. The van der Waals surface area contributed by atoms with Gasteiger partial charge in [0.15, 0.2) is 16.8 Å². The van der Waals surface area contributed by atoms with Gasteiger partial charge in [0.2, 0.25) is 15.9 Å². The number of aromatic nitrogens is 3. The van der Waals surface area contributed by atoms with E-state index in [1.807, 2.05) is 11.5 Å². The van der Waals surface area contributed by atoms with Crippen LogP contribution in [0.1, 0.15) is 37.0 Å². The molecule has 0 bridgehead atoms. The lowest BCUT2D eigenvalue weighted by molar-refractivity contribution is -0.113. The fourth-order valence-corrected chi connectivity index (χ4v) is 6.21. The van der Waals surface area contributed by atoms with Gasteiger partial charge in [-0.1, -0.05) is 23.9 Å². The minimum Gasteiger partial charge on any atom is -0.325 e. The maximum atomic E-state index is 12.8. The predicted molar refractivity (Wildman–Crippen MR) is 135 cm³/mol. The fraction of sp³-hybridized carbons (Fsp3) is 0.333. The number of carbonyl (C=O) groups is 2. The first-order valence-corrected chi connectivity index (χ1v) is 13.8. The molecule has 0 saturated carbocycles. The molecule has 35 heavy (non-hydrogen) atoms. The monoisotopic (exact) mass is 513 g/mol. The molecule has 2 aromatic carbocycles. The highest BCUT2D eigenvalue weighted by molar-refractivity contribution is 7.99.